The van der Waals surface area contributed by atoms with Gasteiger partial charge in [-0.3, -0.25) is 4.98 Å². The van der Waals surface area contributed by atoms with Crippen molar-refractivity contribution in [1.29, 1.82) is 0 Å². The van der Waals surface area contributed by atoms with E-state index < -0.39 is 0 Å². The van der Waals surface area contributed by atoms with Crippen LogP contribution in [-0.4, -0.2) is 38.5 Å². The standard InChI is InChI=1S/C22H22N6/c1-3-17(16-6-9-23-10-7-16)13-18(4-1)20-15-28-12-11-25-21(22(28)27-20)26-19-5-2-8-24-14-19/h1,3-4,6-7,9-13,15,19,24H,2,5,8,14H2,(H,25,26). The molecule has 2 N–H and O–H groups in total. The summed E-state index contributed by atoms with van der Waals surface area (Å²) < 4.78 is 2.04. The number of rotatable bonds is 4. The summed E-state index contributed by atoms with van der Waals surface area (Å²) in [6, 6.07) is 12.9. The Morgan fingerprint density at radius 3 is 2.79 bits per heavy atom. The van der Waals surface area contributed by atoms with Crippen LogP contribution in [0.1, 0.15) is 12.8 Å². The average molecular weight is 370 g/mol. The van der Waals surface area contributed by atoms with Crippen molar-refractivity contribution < 1.29 is 0 Å². The van der Waals surface area contributed by atoms with Gasteiger partial charge in [0.1, 0.15) is 0 Å². The van der Waals surface area contributed by atoms with E-state index in [0.29, 0.717) is 6.04 Å². The number of pyridine rings is 1. The first kappa shape index (κ1) is 16.9. The van der Waals surface area contributed by atoms with Gasteiger partial charge in [-0.05, 0) is 48.7 Å². The minimum Gasteiger partial charge on any atom is -0.363 e. The highest BCUT2D eigenvalue weighted by atomic mass is 15.1. The van der Waals surface area contributed by atoms with Gasteiger partial charge in [0.05, 0.1) is 5.69 Å². The Hall–Kier alpha value is -3.25. The zero-order valence-electron chi connectivity index (χ0n) is 15.5. The molecule has 1 aliphatic rings. The second-order valence-electron chi connectivity index (χ2n) is 7.14. The molecule has 140 valence electrons. The summed E-state index contributed by atoms with van der Waals surface area (Å²) in [4.78, 5) is 13.5. The smallest absolute Gasteiger partial charge is 0.180 e. The maximum atomic E-state index is 4.89. The number of imidazole rings is 1. The van der Waals surface area contributed by atoms with Crippen molar-refractivity contribution >= 4 is 11.5 Å². The third-order valence-electron chi connectivity index (χ3n) is 5.18. The fourth-order valence-corrected chi connectivity index (χ4v) is 3.73. The maximum absolute atomic E-state index is 4.89. The largest absolute Gasteiger partial charge is 0.363 e. The van der Waals surface area contributed by atoms with E-state index in [4.69, 9.17) is 4.98 Å². The molecule has 1 saturated heterocycles. The van der Waals surface area contributed by atoms with E-state index in [1.807, 2.05) is 41.3 Å². The van der Waals surface area contributed by atoms with E-state index in [9.17, 15) is 0 Å². The fourth-order valence-electron chi connectivity index (χ4n) is 3.73. The fraction of sp³-hybridized carbons (Fsp3) is 0.227. The highest BCUT2D eigenvalue weighted by Crippen LogP contribution is 2.27. The van der Waals surface area contributed by atoms with Gasteiger partial charge in [0.15, 0.2) is 11.5 Å². The molecular weight excluding hydrogens is 348 g/mol. The zero-order valence-corrected chi connectivity index (χ0v) is 15.5. The van der Waals surface area contributed by atoms with Gasteiger partial charge in [-0.2, -0.15) is 0 Å². The summed E-state index contributed by atoms with van der Waals surface area (Å²) in [6.07, 6.45) is 11.8. The van der Waals surface area contributed by atoms with Gasteiger partial charge in [0.2, 0.25) is 0 Å². The summed E-state index contributed by atoms with van der Waals surface area (Å²) in [5, 5.41) is 7.00. The third kappa shape index (κ3) is 3.34. The van der Waals surface area contributed by atoms with E-state index >= 15 is 0 Å². The summed E-state index contributed by atoms with van der Waals surface area (Å²) >= 11 is 0. The molecule has 4 aromatic rings. The topological polar surface area (TPSA) is 67.1 Å². The summed E-state index contributed by atoms with van der Waals surface area (Å²) in [6.45, 7) is 2.06. The first-order valence-corrected chi connectivity index (χ1v) is 9.69. The Labute approximate surface area is 163 Å². The second kappa shape index (κ2) is 7.40. The number of hydrogen-bond acceptors (Lipinski definition) is 5. The van der Waals surface area contributed by atoms with Crippen LogP contribution < -0.4 is 10.6 Å². The van der Waals surface area contributed by atoms with Gasteiger partial charge in [0, 0.05) is 49.1 Å². The number of piperidine rings is 1. The quantitative estimate of drug-likeness (QED) is 0.574. The number of benzene rings is 1. The molecule has 0 radical (unpaired) electrons. The van der Waals surface area contributed by atoms with E-state index in [1.165, 1.54) is 6.42 Å². The van der Waals surface area contributed by atoms with Crippen molar-refractivity contribution in [3.8, 4) is 22.4 Å². The average Bonchev–Trinajstić information content (AvgIpc) is 3.21. The number of fused-ring (bicyclic) bond motifs is 1. The Kier molecular flexibility index (Phi) is 4.47. The molecule has 0 saturated carbocycles. The van der Waals surface area contributed by atoms with Crippen LogP contribution in [0.3, 0.4) is 0 Å². The van der Waals surface area contributed by atoms with Gasteiger partial charge in [-0.1, -0.05) is 18.2 Å². The van der Waals surface area contributed by atoms with Crippen molar-refractivity contribution in [2.45, 2.75) is 18.9 Å². The van der Waals surface area contributed by atoms with Crippen LogP contribution in [0, 0.1) is 0 Å². The number of anilines is 1. The maximum Gasteiger partial charge on any atom is 0.180 e. The Balaban J connectivity index is 1.49. The summed E-state index contributed by atoms with van der Waals surface area (Å²) in [5.41, 5.74) is 5.19. The molecule has 1 unspecified atom stereocenters. The predicted molar refractivity (Wildman–Crippen MR) is 111 cm³/mol. The molecule has 0 aliphatic carbocycles. The molecule has 5 rings (SSSR count). The highest BCUT2D eigenvalue weighted by molar-refractivity contribution is 5.74. The van der Waals surface area contributed by atoms with Crippen molar-refractivity contribution in [1.82, 2.24) is 24.7 Å². The third-order valence-corrected chi connectivity index (χ3v) is 5.18. The van der Waals surface area contributed by atoms with Crippen LogP contribution >= 0.6 is 0 Å². The van der Waals surface area contributed by atoms with Crippen molar-refractivity contribution in [3.05, 3.63) is 67.4 Å². The predicted octanol–water partition coefficient (Wildman–Crippen LogP) is 3.62. The van der Waals surface area contributed by atoms with Crippen molar-refractivity contribution in [3.63, 3.8) is 0 Å². The van der Waals surface area contributed by atoms with Crippen LogP contribution in [0.15, 0.2) is 67.4 Å². The zero-order chi connectivity index (χ0) is 18.8. The molecule has 28 heavy (non-hydrogen) atoms. The molecule has 1 atom stereocenters. The van der Waals surface area contributed by atoms with Gasteiger partial charge < -0.3 is 15.0 Å². The van der Waals surface area contributed by atoms with Crippen LogP contribution in [0.25, 0.3) is 28.0 Å². The molecule has 0 amide bonds. The molecule has 3 aromatic heterocycles. The normalized spacial score (nSPS) is 16.9. The molecule has 0 bridgehead atoms. The summed E-state index contributed by atoms with van der Waals surface area (Å²) in [5.74, 6) is 0.840. The number of nitrogens with zero attached hydrogens (tertiary/aromatic N) is 4. The number of aromatic nitrogens is 4. The van der Waals surface area contributed by atoms with Gasteiger partial charge in [-0.15, -0.1) is 0 Å². The molecule has 6 nitrogen and oxygen atoms in total. The lowest BCUT2D eigenvalue weighted by molar-refractivity contribution is 0.479. The van der Waals surface area contributed by atoms with E-state index in [2.05, 4.69) is 51.1 Å². The molecule has 0 spiro atoms. The molecular formula is C22H22N6. The van der Waals surface area contributed by atoms with Gasteiger partial charge in [0.25, 0.3) is 0 Å². The van der Waals surface area contributed by atoms with Gasteiger partial charge in [-0.25, -0.2) is 9.97 Å². The first-order chi connectivity index (χ1) is 13.9. The Bertz CT molecular complexity index is 1080. The van der Waals surface area contributed by atoms with E-state index in [1.54, 1.807) is 0 Å². The SMILES string of the molecule is c1cc(-c2ccncc2)cc(-c2cn3ccnc(NC4CCCNC4)c3n2)c1. The number of nitrogens with one attached hydrogen (secondary N) is 2. The lowest BCUT2D eigenvalue weighted by Crippen LogP contribution is -2.38. The summed E-state index contributed by atoms with van der Waals surface area (Å²) in [7, 11) is 0. The molecule has 6 heteroatoms. The first-order valence-electron chi connectivity index (χ1n) is 9.69. The number of hydrogen-bond donors (Lipinski definition) is 2. The van der Waals surface area contributed by atoms with Crippen molar-refractivity contribution in [2.75, 3.05) is 18.4 Å². The molecule has 1 aliphatic heterocycles. The Morgan fingerprint density at radius 2 is 1.93 bits per heavy atom. The highest BCUT2D eigenvalue weighted by Gasteiger charge is 2.16. The van der Waals surface area contributed by atoms with E-state index in [-0.39, 0.29) is 0 Å². The minimum atomic E-state index is 0.391. The lowest BCUT2D eigenvalue weighted by atomic mass is 10.0. The Morgan fingerprint density at radius 1 is 1.04 bits per heavy atom. The van der Waals surface area contributed by atoms with E-state index in [0.717, 1.165) is 53.4 Å². The van der Waals surface area contributed by atoms with Gasteiger partial charge >= 0.3 is 0 Å². The molecule has 1 fully saturated rings. The minimum absolute atomic E-state index is 0.391. The molecule has 1 aromatic carbocycles. The van der Waals surface area contributed by atoms with Crippen LogP contribution in [0.4, 0.5) is 5.82 Å². The lowest BCUT2D eigenvalue weighted by Gasteiger charge is -2.24. The van der Waals surface area contributed by atoms with Crippen LogP contribution in [0.2, 0.25) is 0 Å². The van der Waals surface area contributed by atoms with Crippen LogP contribution in [0.5, 0.6) is 0 Å². The molecule has 4 heterocycles. The van der Waals surface area contributed by atoms with Crippen molar-refractivity contribution in [2.24, 2.45) is 0 Å². The van der Waals surface area contributed by atoms with Crippen LogP contribution in [-0.2, 0) is 0 Å². The second-order valence-corrected chi connectivity index (χ2v) is 7.14. The monoisotopic (exact) mass is 370 g/mol.